The van der Waals surface area contributed by atoms with Gasteiger partial charge in [0, 0.05) is 20.1 Å². The summed E-state index contributed by atoms with van der Waals surface area (Å²) in [6.45, 7) is 10.00. The lowest BCUT2D eigenvalue weighted by Gasteiger charge is -2.35. The average Bonchev–Trinajstić information content (AvgIpc) is 3.47. The fourth-order valence-electron chi connectivity index (χ4n) is 5.33. The first-order valence-corrected chi connectivity index (χ1v) is 15.4. The van der Waals surface area contributed by atoms with Crippen molar-refractivity contribution >= 4 is 12.2 Å². The number of amides is 1. The summed E-state index contributed by atoms with van der Waals surface area (Å²) in [6.07, 6.45) is 5.36. The van der Waals surface area contributed by atoms with Crippen LogP contribution in [-0.4, -0.2) is 62.3 Å². The molecule has 5 rings (SSSR count). The highest BCUT2D eigenvalue weighted by Crippen LogP contribution is 2.40. The number of rotatable bonds is 11. The fourth-order valence-corrected chi connectivity index (χ4v) is 5.33. The van der Waals surface area contributed by atoms with Crippen LogP contribution in [0.4, 0.5) is 4.79 Å². The molecule has 45 heavy (non-hydrogen) atoms. The highest BCUT2D eigenvalue weighted by Gasteiger charge is 2.29. The number of hydrogen-bond acceptors (Lipinski definition) is 8. The first-order valence-electron chi connectivity index (χ1n) is 15.4. The standard InChI is InChI=1S/C36H44N2O7/c1-25-19-32-34(43-24-42-32)20-27(25)13-14-30-29-22-31(40-6)33(41-23-26-11-8-7-9-12-26)21-28(29)15-17-38(30)44-18-10-16-37(5)35(39)45-36(2,3)4/h7-9,11-14,19-22,30H,10,15-18,23-24H2,1-6H3/b14-13+. The van der Waals surface area contributed by atoms with E-state index < -0.39 is 5.60 Å². The quantitative estimate of drug-likeness (QED) is 0.211. The van der Waals surface area contributed by atoms with E-state index in [9.17, 15) is 4.79 Å². The number of nitrogens with zero attached hydrogens (tertiary/aromatic N) is 2. The van der Waals surface area contributed by atoms with Crippen molar-refractivity contribution < 1.29 is 33.3 Å². The molecule has 0 fully saturated rings. The summed E-state index contributed by atoms with van der Waals surface area (Å²) >= 11 is 0. The molecule has 0 aliphatic carbocycles. The molecule has 0 saturated carbocycles. The van der Waals surface area contributed by atoms with Gasteiger partial charge in [0.15, 0.2) is 23.0 Å². The van der Waals surface area contributed by atoms with E-state index in [1.165, 1.54) is 5.56 Å². The molecule has 2 heterocycles. The molecule has 3 aromatic rings. The normalized spacial score (nSPS) is 16.0. The Morgan fingerprint density at radius 3 is 2.56 bits per heavy atom. The summed E-state index contributed by atoms with van der Waals surface area (Å²) in [4.78, 5) is 20.3. The van der Waals surface area contributed by atoms with Gasteiger partial charge >= 0.3 is 6.09 Å². The first-order chi connectivity index (χ1) is 21.6. The van der Waals surface area contributed by atoms with E-state index in [-0.39, 0.29) is 18.9 Å². The molecule has 240 valence electrons. The van der Waals surface area contributed by atoms with Crippen LogP contribution in [0.25, 0.3) is 6.08 Å². The van der Waals surface area contributed by atoms with E-state index in [1.807, 2.05) is 68.3 Å². The van der Waals surface area contributed by atoms with E-state index in [2.05, 4.69) is 31.2 Å². The SMILES string of the molecule is COc1cc2c(cc1OCc1ccccc1)CCN(OCCCN(C)C(=O)OC(C)(C)C)C2/C=C/c1cc2c(cc1C)OCO2. The topological polar surface area (TPSA) is 78.9 Å². The molecule has 0 bridgehead atoms. The Labute approximate surface area is 266 Å². The monoisotopic (exact) mass is 616 g/mol. The van der Waals surface area contributed by atoms with Gasteiger partial charge in [0.2, 0.25) is 6.79 Å². The molecule has 0 N–H and O–H groups in total. The number of ether oxygens (including phenoxy) is 5. The number of methoxy groups -OCH3 is 1. The maximum absolute atomic E-state index is 12.4. The van der Waals surface area contributed by atoms with Crippen LogP contribution >= 0.6 is 0 Å². The average molecular weight is 617 g/mol. The Hall–Kier alpha value is -4.21. The van der Waals surface area contributed by atoms with Crippen molar-refractivity contribution in [1.29, 1.82) is 0 Å². The number of benzene rings is 3. The van der Waals surface area contributed by atoms with Crippen molar-refractivity contribution in [2.45, 2.75) is 58.8 Å². The smallest absolute Gasteiger partial charge is 0.410 e. The molecule has 0 saturated heterocycles. The van der Waals surface area contributed by atoms with Crippen molar-refractivity contribution in [3.05, 3.63) is 88.5 Å². The van der Waals surface area contributed by atoms with Crippen molar-refractivity contribution in [3.63, 3.8) is 0 Å². The molecule has 1 atom stereocenters. The van der Waals surface area contributed by atoms with Gasteiger partial charge in [-0.05, 0) is 92.6 Å². The van der Waals surface area contributed by atoms with E-state index in [0.717, 1.165) is 40.2 Å². The van der Waals surface area contributed by atoms with Crippen LogP contribution in [0.1, 0.15) is 61.1 Å². The second kappa shape index (κ2) is 14.3. The minimum atomic E-state index is -0.535. The third-order valence-electron chi connectivity index (χ3n) is 7.71. The molecule has 1 amide bonds. The Kier molecular flexibility index (Phi) is 10.2. The van der Waals surface area contributed by atoms with Crippen LogP contribution < -0.4 is 18.9 Å². The summed E-state index contributed by atoms with van der Waals surface area (Å²) in [6, 6.07) is 18.1. The fraction of sp³-hybridized carbons (Fsp3) is 0.417. The van der Waals surface area contributed by atoms with Gasteiger partial charge < -0.3 is 28.6 Å². The lowest BCUT2D eigenvalue weighted by molar-refractivity contribution is -0.182. The summed E-state index contributed by atoms with van der Waals surface area (Å²) in [5.74, 6) is 2.90. The van der Waals surface area contributed by atoms with Crippen molar-refractivity contribution in [2.75, 3.05) is 40.6 Å². The van der Waals surface area contributed by atoms with Gasteiger partial charge in [-0.2, -0.15) is 5.06 Å². The molecular formula is C36H44N2O7. The summed E-state index contributed by atoms with van der Waals surface area (Å²) in [5, 5.41) is 2.01. The minimum absolute atomic E-state index is 0.181. The van der Waals surface area contributed by atoms with Gasteiger partial charge in [-0.1, -0.05) is 42.5 Å². The maximum atomic E-state index is 12.4. The zero-order chi connectivity index (χ0) is 32.0. The van der Waals surface area contributed by atoms with Crippen LogP contribution in [0.15, 0.2) is 60.7 Å². The van der Waals surface area contributed by atoms with Gasteiger partial charge in [0.05, 0.1) is 19.8 Å². The van der Waals surface area contributed by atoms with E-state index in [4.69, 9.17) is 28.5 Å². The molecule has 0 radical (unpaired) electrons. The molecule has 0 aromatic heterocycles. The molecular weight excluding hydrogens is 572 g/mol. The van der Waals surface area contributed by atoms with Crippen LogP contribution in [0.5, 0.6) is 23.0 Å². The second-order valence-corrected chi connectivity index (χ2v) is 12.3. The summed E-state index contributed by atoms with van der Waals surface area (Å²) < 4.78 is 28.7. The predicted molar refractivity (Wildman–Crippen MR) is 173 cm³/mol. The van der Waals surface area contributed by atoms with Gasteiger partial charge in [0.1, 0.15) is 12.2 Å². The van der Waals surface area contributed by atoms with Crippen LogP contribution in [0, 0.1) is 6.92 Å². The summed E-state index contributed by atoms with van der Waals surface area (Å²) in [5.41, 5.74) is 4.96. The Balaban J connectivity index is 1.35. The second-order valence-electron chi connectivity index (χ2n) is 12.3. The number of aryl methyl sites for hydroxylation is 1. The first kappa shape index (κ1) is 32.2. The third kappa shape index (κ3) is 8.29. The lowest BCUT2D eigenvalue weighted by atomic mass is 9.92. The highest BCUT2D eigenvalue weighted by atomic mass is 16.7. The zero-order valence-electron chi connectivity index (χ0n) is 27.1. The van der Waals surface area contributed by atoms with E-state index >= 15 is 0 Å². The lowest BCUT2D eigenvalue weighted by Crippen LogP contribution is -2.37. The molecule has 9 nitrogen and oxygen atoms in total. The molecule has 2 aliphatic rings. The highest BCUT2D eigenvalue weighted by molar-refractivity contribution is 5.67. The molecule has 2 aliphatic heterocycles. The Bertz CT molecular complexity index is 1500. The summed E-state index contributed by atoms with van der Waals surface area (Å²) in [7, 11) is 3.41. The number of hydrogen-bond donors (Lipinski definition) is 0. The van der Waals surface area contributed by atoms with Gasteiger partial charge in [0.25, 0.3) is 0 Å². The molecule has 9 heteroatoms. The van der Waals surface area contributed by atoms with Crippen molar-refractivity contribution in [3.8, 4) is 23.0 Å². The van der Waals surface area contributed by atoms with E-state index in [1.54, 1.807) is 19.1 Å². The largest absolute Gasteiger partial charge is 0.493 e. The predicted octanol–water partition coefficient (Wildman–Crippen LogP) is 7.11. The third-order valence-corrected chi connectivity index (χ3v) is 7.71. The number of hydroxylamine groups is 2. The zero-order valence-corrected chi connectivity index (χ0v) is 27.1. The Morgan fingerprint density at radius 1 is 1.07 bits per heavy atom. The van der Waals surface area contributed by atoms with Gasteiger partial charge in [-0.25, -0.2) is 4.79 Å². The van der Waals surface area contributed by atoms with Crippen molar-refractivity contribution in [2.24, 2.45) is 0 Å². The van der Waals surface area contributed by atoms with Crippen molar-refractivity contribution in [1.82, 2.24) is 9.96 Å². The molecule has 1 unspecified atom stereocenters. The van der Waals surface area contributed by atoms with E-state index in [0.29, 0.717) is 44.2 Å². The number of fused-ring (bicyclic) bond motifs is 2. The number of carbonyl (C=O) groups is 1. The number of carbonyl (C=O) groups excluding carboxylic acids is 1. The maximum Gasteiger partial charge on any atom is 0.410 e. The van der Waals surface area contributed by atoms with Crippen LogP contribution in [0.3, 0.4) is 0 Å². The van der Waals surface area contributed by atoms with Crippen LogP contribution in [-0.2, 0) is 22.6 Å². The minimum Gasteiger partial charge on any atom is -0.493 e. The van der Waals surface area contributed by atoms with Gasteiger partial charge in [-0.15, -0.1) is 0 Å². The molecule has 0 spiro atoms. The Morgan fingerprint density at radius 2 is 1.82 bits per heavy atom. The van der Waals surface area contributed by atoms with Gasteiger partial charge in [-0.3, -0.25) is 4.84 Å². The van der Waals surface area contributed by atoms with Crippen LogP contribution in [0.2, 0.25) is 0 Å². The molecule has 3 aromatic carbocycles.